The largest absolute Gasteiger partial charge is 0.550 e. The third kappa shape index (κ3) is 12.8. The van der Waals surface area contributed by atoms with E-state index in [4.69, 9.17) is 5.73 Å². The summed E-state index contributed by atoms with van der Waals surface area (Å²) in [6.07, 6.45) is 11.0. The van der Waals surface area contributed by atoms with E-state index in [2.05, 4.69) is 27.7 Å². The quantitative estimate of drug-likeness (QED) is 0.373. The molecule has 0 aliphatic rings. The molecular formula is C24H44N2O2. The number of aliphatic carboxylic acids is 1. The summed E-state index contributed by atoms with van der Waals surface area (Å²) in [7, 11) is 0. The lowest BCUT2D eigenvalue weighted by molar-refractivity contribution is -0.929. The lowest BCUT2D eigenvalue weighted by Crippen LogP contribution is -2.50. The summed E-state index contributed by atoms with van der Waals surface area (Å²) in [5, 5.41) is 10.1. The molecule has 0 radical (unpaired) electrons. The maximum atomic E-state index is 10.1. The monoisotopic (exact) mass is 392 g/mol. The van der Waals surface area contributed by atoms with Crippen LogP contribution in [0.4, 0.5) is 5.69 Å². The number of quaternary nitrogens is 1. The van der Waals surface area contributed by atoms with Gasteiger partial charge >= 0.3 is 0 Å². The zero-order valence-electron chi connectivity index (χ0n) is 18.8. The van der Waals surface area contributed by atoms with Crippen LogP contribution in [0.5, 0.6) is 0 Å². The van der Waals surface area contributed by atoms with Gasteiger partial charge in [0.15, 0.2) is 0 Å². The Kier molecular flexibility index (Phi) is 15.5. The van der Waals surface area contributed by atoms with Crippen LogP contribution in [-0.4, -0.2) is 36.6 Å². The normalized spacial score (nSPS) is 11.0. The molecule has 0 unspecified atom stereocenters. The molecule has 28 heavy (non-hydrogen) atoms. The minimum Gasteiger partial charge on any atom is -0.550 e. The molecule has 1 rings (SSSR count). The van der Waals surface area contributed by atoms with Crippen LogP contribution in [0, 0.1) is 0 Å². The smallest absolute Gasteiger partial charge is 0.0786 e. The Hall–Kier alpha value is -1.55. The highest BCUT2D eigenvalue weighted by molar-refractivity contribution is 5.68. The zero-order valence-corrected chi connectivity index (χ0v) is 18.8. The number of carboxylic acids is 1. The second-order valence-corrected chi connectivity index (χ2v) is 7.94. The molecule has 0 spiro atoms. The predicted octanol–water partition coefficient (Wildman–Crippen LogP) is 4.56. The number of hydrogen-bond acceptors (Lipinski definition) is 3. The van der Waals surface area contributed by atoms with Crippen LogP contribution in [-0.2, 0) is 11.2 Å². The first-order valence-corrected chi connectivity index (χ1v) is 11.3. The number of nitrogens with zero attached hydrogens (tertiary/aromatic N) is 1. The van der Waals surface area contributed by atoms with Crippen molar-refractivity contribution in [3.8, 4) is 0 Å². The Morgan fingerprint density at radius 3 is 1.43 bits per heavy atom. The van der Waals surface area contributed by atoms with Crippen molar-refractivity contribution in [3.05, 3.63) is 29.8 Å². The van der Waals surface area contributed by atoms with E-state index in [-0.39, 0.29) is 6.42 Å². The molecule has 0 atom stereocenters. The van der Waals surface area contributed by atoms with Crippen LogP contribution in [0.1, 0.15) is 84.6 Å². The Morgan fingerprint density at radius 2 is 1.14 bits per heavy atom. The Labute approximate surface area is 173 Å². The van der Waals surface area contributed by atoms with Crippen molar-refractivity contribution < 1.29 is 14.4 Å². The van der Waals surface area contributed by atoms with Gasteiger partial charge in [0.1, 0.15) is 0 Å². The van der Waals surface area contributed by atoms with Gasteiger partial charge in [0.25, 0.3) is 0 Å². The molecule has 0 saturated carbocycles. The first kappa shape index (κ1) is 26.4. The van der Waals surface area contributed by atoms with Crippen molar-refractivity contribution >= 4 is 11.7 Å². The number of rotatable bonds is 14. The molecule has 0 aromatic heterocycles. The third-order valence-corrected chi connectivity index (χ3v) is 5.27. The van der Waals surface area contributed by atoms with Crippen LogP contribution in [0.2, 0.25) is 0 Å². The van der Waals surface area contributed by atoms with E-state index in [0.717, 1.165) is 0 Å². The first-order valence-electron chi connectivity index (χ1n) is 11.3. The van der Waals surface area contributed by atoms with Crippen LogP contribution >= 0.6 is 0 Å². The Morgan fingerprint density at radius 1 is 0.786 bits per heavy atom. The fourth-order valence-corrected chi connectivity index (χ4v) is 3.45. The average Bonchev–Trinajstić information content (AvgIpc) is 2.69. The SMILES string of the molecule is CCCC[N+](CCCC)(CCCC)CCCC.Nc1ccc(CC(=O)[O-])cc1. The molecule has 4 heteroatoms. The Bertz CT molecular complexity index is 462. The topological polar surface area (TPSA) is 66.2 Å². The van der Waals surface area contributed by atoms with E-state index >= 15 is 0 Å². The highest BCUT2D eigenvalue weighted by Gasteiger charge is 2.24. The first-order chi connectivity index (χ1) is 13.4. The molecule has 2 N–H and O–H groups in total. The van der Waals surface area contributed by atoms with Gasteiger partial charge in [0.2, 0.25) is 0 Å². The summed E-state index contributed by atoms with van der Waals surface area (Å²) < 4.78 is 1.42. The molecule has 0 saturated heterocycles. The highest BCUT2D eigenvalue weighted by Crippen LogP contribution is 2.16. The average molecular weight is 393 g/mol. The van der Waals surface area contributed by atoms with Crippen molar-refractivity contribution in [2.75, 3.05) is 31.9 Å². The molecule has 162 valence electrons. The van der Waals surface area contributed by atoms with Crippen molar-refractivity contribution in [2.24, 2.45) is 0 Å². The second kappa shape index (κ2) is 16.4. The van der Waals surface area contributed by atoms with Crippen molar-refractivity contribution in [3.63, 3.8) is 0 Å². The van der Waals surface area contributed by atoms with E-state index in [9.17, 15) is 9.90 Å². The number of benzene rings is 1. The number of carbonyl (C=O) groups is 1. The van der Waals surface area contributed by atoms with Gasteiger partial charge in [-0.15, -0.1) is 0 Å². The fraction of sp³-hybridized carbons (Fsp3) is 0.708. The van der Waals surface area contributed by atoms with Gasteiger partial charge in [0.05, 0.1) is 26.2 Å². The molecule has 0 amide bonds. The van der Waals surface area contributed by atoms with E-state index < -0.39 is 5.97 Å². The summed E-state index contributed by atoms with van der Waals surface area (Å²) in [6.45, 7) is 15.0. The minimum absolute atomic E-state index is 0.0553. The Balaban J connectivity index is 0.000000567. The lowest BCUT2D eigenvalue weighted by Gasteiger charge is -2.39. The molecule has 4 nitrogen and oxygen atoms in total. The van der Waals surface area contributed by atoms with Crippen molar-refractivity contribution in [2.45, 2.75) is 85.5 Å². The molecule has 0 fully saturated rings. The van der Waals surface area contributed by atoms with Crippen molar-refractivity contribution in [1.82, 2.24) is 0 Å². The van der Waals surface area contributed by atoms with Gasteiger partial charge < -0.3 is 20.1 Å². The lowest BCUT2D eigenvalue weighted by atomic mass is 10.1. The van der Waals surface area contributed by atoms with Gasteiger partial charge in [0, 0.05) is 18.1 Å². The third-order valence-electron chi connectivity index (χ3n) is 5.27. The zero-order chi connectivity index (χ0) is 21.3. The minimum atomic E-state index is -1.07. The van der Waals surface area contributed by atoms with Gasteiger partial charge in [-0.25, -0.2) is 0 Å². The van der Waals surface area contributed by atoms with Crippen LogP contribution in [0.15, 0.2) is 24.3 Å². The van der Waals surface area contributed by atoms with Crippen molar-refractivity contribution in [1.29, 1.82) is 0 Å². The van der Waals surface area contributed by atoms with E-state index in [1.54, 1.807) is 24.3 Å². The standard InChI is InChI=1S/C16H36N.C8H9NO2/c1-5-9-13-17(14-10-6-2,15-11-7-3)16-12-8-4;9-7-3-1-6(2-4-7)5-8(10)11/h5-16H2,1-4H3;1-4H,5,9H2,(H,10,11)/q+1;/p-1. The van der Waals surface area contributed by atoms with Crippen LogP contribution in [0.25, 0.3) is 0 Å². The summed E-state index contributed by atoms with van der Waals surface area (Å²) in [5.41, 5.74) is 6.73. The summed E-state index contributed by atoms with van der Waals surface area (Å²) >= 11 is 0. The maximum Gasteiger partial charge on any atom is 0.0786 e. The number of nitrogens with two attached hydrogens (primary N) is 1. The van der Waals surface area contributed by atoms with Gasteiger partial charge in [-0.1, -0.05) is 65.5 Å². The molecule has 0 aliphatic heterocycles. The van der Waals surface area contributed by atoms with Gasteiger partial charge in [-0.2, -0.15) is 0 Å². The number of carboxylic acid groups (broad SMARTS) is 1. The van der Waals surface area contributed by atoms with Crippen LogP contribution in [0.3, 0.4) is 0 Å². The number of hydrogen-bond donors (Lipinski definition) is 1. The number of unbranched alkanes of at least 4 members (excludes halogenated alkanes) is 4. The second-order valence-electron chi connectivity index (χ2n) is 7.94. The molecule has 1 aromatic rings. The van der Waals surface area contributed by atoms with E-state index in [1.165, 1.54) is 82.0 Å². The van der Waals surface area contributed by atoms with E-state index in [0.29, 0.717) is 11.3 Å². The van der Waals surface area contributed by atoms with Crippen LogP contribution < -0.4 is 10.8 Å². The molecule has 0 heterocycles. The fourth-order valence-electron chi connectivity index (χ4n) is 3.45. The molecule has 1 aromatic carbocycles. The number of anilines is 1. The predicted molar refractivity (Wildman–Crippen MR) is 119 cm³/mol. The summed E-state index contributed by atoms with van der Waals surface area (Å²) in [5.74, 6) is -1.07. The number of nitrogen functional groups attached to an aromatic ring is 1. The summed E-state index contributed by atoms with van der Waals surface area (Å²) in [6, 6.07) is 6.67. The number of carbonyl (C=O) groups excluding carboxylic acids is 1. The highest BCUT2D eigenvalue weighted by atomic mass is 16.4. The maximum absolute atomic E-state index is 10.1. The molecule has 0 bridgehead atoms. The molecular weight excluding hydrogens is 348 g/mol. The molecule has 0 aliphatic carbocycles. The van der Waals surface area contributed by atoms with Gasteiger partial charge in [-0.3, -0.25) is 0 Å². The summed E-state index contributed by atoms with van der Waals surface area (Å²) in [4.78, 5) is 10.1. The van der Waals surface area contributed by atoms with Gasteiger partial charge in [-0.05, 0) is 43.4 Å². The van der Waals surface area contributed by atoms with E-state index in [1.807, 2.05) is 0 Å².